The van der Waals surface area contributed by atoms with Crippen LogP contribution in [0.25, 0.3) is 0 Å². The largest absolute Gasteiger partial charge is 0.469 e. The molecule has 1 aliphatic rings. The van der Waals surface area contributed by atoms with E-state index in [1.54, 1.807) is 0 Å². The van der Waals surface area contributed by atoms with Crippen molar-refractivity contribution < 1.29 is 28.8 Å². The van der Waals surface area contributed by atoms with Crippen molar-refractivity contribution in [2.75, 3.05) is 0 Å². The molecule has 1 saturated heterocycles. The lowest BCUT2D eigenvalue weighted by atomic mass is 10.7. The summed E-state index contributed by atoms with van der Waals surface area (Å²) in [4.78, 5) is 0. The van der Waals surface area contributed by atoms with E-state index in [2.05, 4.69) is 12.0 Å². The fourth-order valence-corrected chi connectivity index (χ4v) is 2.19. The smallest absolute Gasteiger partial charge is 0.324 e. The van der Waals surface area contributed by atoms with Crippen molar-refractivity contribution in [1.29, 1.82) is 0 Å². The Kier molecular flexibility index (Phi) is 2.02. The minimum atomic E-state index is -4.53. The summed E-state index contributed by atoms with van der Waals surface area (Å²) >= 11 is 0. The van der Waals surface area contributed by atoms with Gasteiger partial charge in [-0.2, -0.15) is 16.8 Å². The monoisotopic (exact) mass is 216 g/mol. The SMILES string of the molecule is CC=C1OS(=O)(=O)OS(=O)(=O)O1. The van der Waals surface area contributed by atoms with Gasteiger partial charge in [0.1, 0.15) is 0 Å². The first-order valence-corrected chi connectivity index (χ1v) is 5.27. The molecule has 0 aromatic heterocycles. The van der Waals surface area contributed by atoms with Gasteiger partial charge in [-0.15, -0.1) is 0 Å². The van der Waals surface area contributed by atoms with E-state index in [1.165, 1.54) is 6.92 Å². The van der Waals surface area contributed by atoms with Gasteiger partial charge < -0.3 is 8.37 Å². The van der Waals surface area contributed by atoms with Crippen LogP contribution in [0.3, 0.4) is 0 Å². The third-order valence-corrected chi connectivity index (χ3v) is 2.84. The standard InChI is InChI=1S/C3H4O7S2/c1-2-3-8-11(4,5)10-12(6,7)9-3/h2H,1H3. The lowest BCUT2D eigenvalue weighted by Crippen LogP contribution is -2.24. The maximum Gasteiger partial charge on any atom is 0.469 e. The lowest BCUT2D eigenvalue weighted by Gasteiger charge is -2.14. The molecule has 0 amide bonds. The lowest BCUT2D eigenvalue weighted by molar-refractivity contribution is 0.165. The second-order valence-corrected chi connectivity index (χ2v) is 4.17. The summed E-state index contributed by atoms with van der Waals surface area (Å²) in [5, 5.41) is 0. The molecule has 1 heterocycles. The number of allylic oxidation sites excluding steroid dienone is 1. The van der Waals surface area contributed by atoms with Gasteiger partial charge in [0.15, 0.2) is 0 Å². The van der Waals surface area contributed by atoms with Crippen molar-refractivity contribution in [2.45, 2.75) is 6.92 Å². The van der Waals surface area contributed by atoms with Gasteiger partial charge in [-0.1, -0.05) is 3.63 Å². The van der Waals surface area contributed by atoms with Crippen LogP contribution in [0, 0.1) is 0 Å². The molecule has 1 fully saturated rings. The topological polar surface area (TPSA) is 96.0 Å². The van der Waals surface area contributed by atoms with E-state index in [9.17, 15) is 16.8 Å². The van der Waals surface area contributed by atoms with Crippen LogP contribution in [-0.4, -0.2) is 16.8 Å². The Morgan fingerprint density at radius 2 is 1.50 bits per heavy atom. The van der Waals surface area contributed by atoms with E-state index in [0.29, 0.717) is 0 Å². The Labute approximate surface area is 69.2 Å². The Morgan fingerprint density at radius 3 is 1.83 bits per heavy atom. The summed E-state index contributed by atoms with van der Waals surface area (Å²) in [7, 11) is -9.07. The summed E-state index contributed by atoms with van der Waals surface area (Å²) in [5.41, 5.74) is 0. The molecule has 0 spiro atoms. The number of hydrogen-bond donors (Lipinski definition) is 0. The summed E-state index contributed by atoms with van der Waals surface area (Å²) < 4.78 is 53.4. The second-order valence-electron chi connectivity index (χ2n) is 1.66. The van der Waals surface area contributed by atoms with Crippen molar-refractivity contribution in [3.63, 3.8) is 0 Å². The van der Waals surface area contributed by atoms with Gasteiger partial charge in [-0.05, 0) is 13.0 Å². The Morgan fingerprint density at radius 1 is 1.08 bits per heavy atom. The molecule has 0 saturated carbocycles. The molecule has 0 aromatic rings. The predicted octanol–water partition coefficient (Wildman–Crippen LogP) is -0.599. The highest BCUT2D eigenvalue weighted by Crippen LogP contribution is 2.20. The van der Waals surface area contributed by atoms with Gasteiger partial charge in [0.2, 0.25) is 0 Å². The van der Waals surface area contributed by atoms with Crippen LogP contribution in [0.15, 0.2) is 12.0 Å². The van der Waals surface area contributed by atoms with Crippen LogP contribution < -0.4 is 0 Å². The number of hydrogen-bond acceptors (Lipinski definition) is 7. The molecule has 0 bridgehead atoms. The molecular weight excluding hydrogens is 212 g/mol. The molecule has 70 valence electrons. The maximum absolute atomic E-state index is 10.5. The molecule has 0 N–H and O–H groups in total. The van der Waals surface area contributed by atoms with Crippen molar-refractivity contribution in [2.24, 2.45) is 0 Å². The van der Waals surface area contributed by atoms with Crippen molar-refractivity contribution in [3.8, 4) is 0 Å². The van der Waals surface area contributed by atoms with Crippen molar-refractivity contribution >= 4 is 20.8 Å². The van der Waals surface area contributed by atoms with Gasteiger partial charge in [0.05, 0.1) is 0 Å². The van der Waals surface area contributed by atoms with Crippen molar-refractivity contribution in [3.05, 3.63) is 12.0 Å². The van der Waals surface area contributed by atoms with Gasteiger partial charge in [-0.25, -0.2) is 0 Å². The van der Waals surface area contributed by atoms with Crippen LogP contribution in [0.1, 0.15) is 6.92 Å². The Balaban J connectivity index is 3.13. The zero-order chi connectivity index (χ0) is 9.41. The van der Waals surface area contributed by atoms with E-state index in [1.807, 2.05) is 0 Å². The zero-order valence-corrected chi connectivity index (χ0v) is 7.38. The fourth-order valence-electron chi connectivity index (χ4n) is 0.441. The quantitative estimate of drug-likeness (QED) is 0.533. The van der Waals surface area contributed by atoms with Crippen LogP contribution in [0.2, 0.25) is 0 Å². The first-order valence-electron chi connectivity index (χ1n) is 2.61. The van der Waals surface area contributed by atoms with Gasteiger partial charge in [0.25, 0.3) is 0 Å². The molecule has 7 nitrogen and oxygen atoms in total. The van der Waals surface area contributed by atoms with Crippen LogP contribution >= 0.6 is 0 Å². The van der Waals surface area contributed by atoms with Gasteiger partial charge >= 0.3 is 26.7 Å². The molecule has 1 rings (SSSR count). The summed E-state index contributed by atoms with van der Waals surface area (Å²) in [5.74, 6) is -0.652. The molecule has 0 atom stereocenters. The first-order chi connectivity index (χ1) is 5.35. The third kappa shape index (κ3) is 2.09. The minimum absolute atomic E-state index is 0.652. The molecule has 0 aliphatic carbocycles. The van der Waals surface area contributed by atoms with Crippen LogP contribution in [0.4, 0.5) is 0 Å². The highest BCUT2D eigenvalue weighted by atomic mass is 32.3. The van der Waals surface area contributed by atoms with E-state index < -0.39 is 26.7 Å². The molecule has 0 radical (unpaired) electrons. The molecule has 12 heavy (non-hydrogen) atoms. The number of rotatable bonds is 0. The molecule has 9 heteroatoms. The molecular formula is C3H4O7S2. The van der Waals surface area contributed by atoms with E-state index in [0.717, 1.165) is 6.08 Å². The van der Waals surface area contributed by atoms with E-state index in [-0.39, 0.29) is 0 Å². The summed E-state index contributed by atoms with van der Waals surface area (Å²) in [6.45, 7) is 1.34. The van der Waals surface area contributed by atoms with E-state index >= 15 is 0 Å². The average Bonchev–Trinajstić information content (AvgIpc) is 1.80. The zero-order valence-electron chi connectivity index (χ0n) is 5.75. The summed E-state index contributed by atoms with van der Waals surface area (Å²) in [6.07, 6.45) is 1.03. The Bertz CT molecular complexity index is 362. The first kappa shape index (κ1) is 9.29. The minimum Gasteiger partial charge on any atom is -0.324 e. The highest BCUT2D eigenvalue weighted by molar-refractivity contribution is 7.95. The van der Waals surface area contributed by atoms with Crippen LogP contribution in [-0.2, 0) is 32.8 Å². The highest BCUT2D eigenvalue weighted by Gasteiger charge is 2.35. The van der Waals surface area contributed by atoms with E-state index in [4.69, 9.17) is 0 Å². The third-order valence-electron chi connectivity index (χ3n) is 0.771. The summed E-state index contributed by atoms with van der Waals surface area (Å²) in [6, 6.07) is 0. The molecule has 1 aliphatic heterocycles. The second kappa shape index (κ2) is 2.61. The Hall–Kier alpha value is -0.800. The molecule has 0 unspecified atom stereocenters. The normalized spacial score (nSPS) is 25.2. The maximum atomic E-state index is 10.5. The van der Waals surface area contributed by atoms with Crippen molar-refractivity contribution in [1.82, 2.24) is 0 Å². The fraction of sp³-hybridized carbons (Fsp3) is 0.333. The predicted molar refractivity (Wildman–Crippen MR) is 34.9 cm³/mol. The van der Waals surface area contributed by atoms with Crippen LogP contribution in [0.5, 0.6) is 0 Å². The molecule has 0 aromatic carbocycles. The van der Waals surface area contributed by atoms with Gasteiger partial charge in [0, 0.05) is 0 Å². The average molecular weight is 216 g/mol. The van der Waals surface area contributed by atoms with Gasteiger partial charge in [-0.3, -0.25) is 0 Å².